The number of halogens is 2. The van der Waals surface area contributed by atoms with E-state index < -0.39 is 11.6 Å². The highest BCUT2D eigenvalue weighted by molar-refractivity contribution is 5.76. The molecule has 5 heteroatoms. The fourth-order valence-electron chi connectivity index (χ4n) is 2.48. The molecule has 0 atom stereocenters. The van der Waals surface area contributed by atoms with Gasteiger partial charge < -0.3 is 9.80 Å². The van der Waals surface area contributed by atoms with Crippen LogP contribution in [0.2, 0.25) is 0 Å². The van der Waals surface area contributed by atoms with Gasteiger partial charge in [0.05, 0.1) is 0 Å². The van der Waals surface area contributed by atoms with E-state index >= 15 is 0 Å². The average molecular weight is 282 g/mol. The predicted octanol–water partition coefficient (Wildman–Crippen LogP) is 2.80. The van der Waals surface area contributed by atoms with Gasteiger partial charge in [0, 0.05) is 44.4 Å². The average Bonchev–Trinajstić information content (AvgIpc) is 2.68. The number of carbonyl (C=O) groups excluding carboxylic acids is 1. The molecule has 0 aliphatic carbocycles. The SMILES string of the molecule is CCCC(=O)N1CCCN(c2ccc(F)c(F)c2)CC1. The van der Waals surface area contributed by atoms with Gasteiger partial charge in [-0.15, -0.1) is 0 Å². The van der Waals surface area contributed by atoms with Crippen LogP contribution < -0.4 is 4.90 Å². The van der Waals surface area contributed by atoms with E-state index in [1.807, 2.05) is 16.7 Å². The van der Waals surface area contributed by atoms with Gasteiger partial charge in [0.15, 0.2) is 11.6 Å². The van der Waals surface area contributed by atoms with Crippen LogP contribution >= 0.6 is 0 Å². The van der Waals surface area contributed by atoms with Crippen molar-refractivity contribution < 1.29 is 13.6 Å². The lowest BCUT2D eigenvalue weighted by Crippen LogP contribution is -2.35. The van der Waals surface area contributed by atoms with Gasteiger partial charge in [-0.2, -0.15) is 0 Å². The fourth-order valence-corrected chi connectivity index (χ4v) is 2.48. The van der Waals surface area contributed by atoms with Gasteiger partial charge in [-0.05, 0) is 25.0 Å². The Morgan fingerprint density at radius 2 is 1.95 bits per heavy atom. The minimum Gasteiger partial charge on any atom is -0.370 e. The van der Waals surface area contributed by atoms with E-state index in [4.69, 9.17) is 0 Å². The maximum absolute atomic E-state index is 13.3. The molecule has 0 radical (unpaired) electrons. The zero-order chi connectivity index (χ0) is 14.5. The van der Waals surface area contributed by atoms with Crippen LogP contribution in [0, 0.1) is 11.6 Å². The van der Waals surface area contributed by atoms with Crippen LogP contribution in [-0.4, -0.2) is 37.0 Å². The molecule has 0 aromatic heterocycles. The molecular formula is C15H20F2N2O. The Bertz CT molecular complexity index is 479. The van der Waals surface area contributed by atoms with E-state index in [1.165, 1.54) is 6.07 Å². The summed E-state index contributed by atoms with van der Waals surface area (Å²) < 4.78 is 26.2. The van der Waals surface area contributed by atoms with Gasteiger partial charge >= 0.3 is 0 Å². The Labute approximate surface area is 118 Å². The van der Waals surface area contributed by atoms with E-state index in [9.17, 15) is 13.6 Å². The third-order valence-corrected chi connectivity index (χ3v) is 3.58. The van der Waals surface area contributed by atoms with Gasteiger partial charge in [0.1, 0.15) is 0 Å². The van der Waals surface area contributed by atoms with Crippen molar-refractivity contribution in [3.05, 3.63) is 29.8 Å². The number of benzene rings is 1. The van der Waals surface area contributed by atoms with Gasteiger partial charge in [-0.1, -0.05) is 6.92 Å². The van der Waals surface area contributed by atoms with Crippen molar-refractivity contribution in [3.63, 3.8) is 0 Å². The van der Waals surface area contributed by atoms with E-state index in [0.29, 0.717) is 25.2 Å². The molecule has 0 bridgehead atoms. The van der Waals surface area contributed by atoms with Crippen LogP contribution in [-0.2, 0) is 4.79 Å². The minimum atomic E-state index is -0.830. The molecule has 110 valence electrons. The van der Waals surface area contributed by atoms with E-state index in [0.717, 1.165) is 32.0 Å². The lowest BCUT2D eigenvalue weighted by Gasteiger charge is -2.23. The summed E-state index contributed by atoms with van der Waals surface area (Å²) in [5.41, 5.74) is 0.675. The Kier molecular flexibility index (Phi) is 4.93. The molecule has 1 heterocycles. The number of nitrogens with zero attached hydrogens (tertiary/aromatic N) is 2. The zero-order valence-corrected chi connectivity index (χ0v) is 11.7. The molecular weight excluding hydrogens is 262 g/mol. The second-order valence-corrected chi connectivity index (χ2v) is 5.07. The Hall–Kier alpha value is -1.65. The van der Waals surface area contributed by atoms with Crippen molar-refractivity contribution in [3.8, 4) is 0 Å². The van der Waals surface area contributed by atoms with Crippen molar-refractivity contribution in [1.82, 2.24) is 4.90 Å². The molecule has 1 aliphatic heterocycles. The molecule has 2 rings (SSSR count). The summed E-state index contributed by atoms with van der Waals surface area (Å²) in [6.07, 6.45) is 2.27. The molecule has 0 N–H and O–H groups in total. The van der Waals surface area contributed by atoms with Crippen LogP contribution in [0.4, 0.5) is 14.5 Å². The summed E-state index contributed by atoms with van der Waals surface area (Å²) in [7, 11) is 0. The number of rotatable bonds is 3. The normalized spacial score (nSPS) is 16.1. The van der Waals surface area contributed by atoms with Crippen LogP contribution in [0.3, 0.4) is 0 Å². The molecule has 20 heavy (non-hydrogen) atoms. The first-order valence-electron chi connectivity index (χ1n) is 7.09. The molecule has 1 aromatic rings. The summed E-state index contributed by atoms with van der Waals surface area (Å²) in [5.74, 6) is -1.48. The van der Waals surface area contributed by atoms with Crippen LogP contribution in [0.25, 0.3) is 0 Å². The van der Waals surface area contributed by atoms with Gasteiger partial charge in [-0.3, -0.25) is 4.79 Å². The molecule has 0 saturated carbocycles. The summed E-state index contributed by atoms with van der Waals surface area (Å²) in [6.45, 7) is 4.77. The molecule has 1 amide bonds. The fraction of sp³-hybridized carbons (Fsp3) is 0.533. The first kappa shape index (κ1) is 14.8. The molecule has 0 spiro atoms. The molecule has 1 saturated heterocycles. The Morgan fingerprint density at radius 1 is 1.15 bits per heavy atom. The molecule has 1 aliphatic rings. The van der Waals surface area contributed by atoms with E-state index in [-0.39, 0.29) is 5.91 Å². The zero-order valence-electron chi connectivity index (χ0n) is 11.7. The van der Waals surface area contributed by atoms with Crippen molar-refractivity contribution in [1.29, 1.82) is 0 Å². The van der Waals surface area contributed by atoms with Gasteiger partial charge in [0.25, 0.3) is 0 Å². The van der Waals surface area contributed by atoms with E-state index in [1.54, 1.807) is 6.07 Å². The maximum Gasteiger partial charge on any atom is 0.222 e. The maximum atomic E-state index is 13.3. The number of hydrogen-bond donors (Lipinski definition) is 0. The van der Waals surface area contributed by atoms with Crippen LogP contribution in [0.5, 0.6) is 0 Å². The quantitative estimate of drug-likeness (QED) is 0.851. The summed E-state index contributed by atoms with van der Waals surface area (Å²) in [4.78, 5) is 15.8. The van der Waals surface area contributed by atoms with Crippen molar-refractivity contribution in [2.24, 2.45) is 0 Å². The highest BCUT2D eigenvalue weighted by Crippen LogP contribution is 2.19. The smallest absolute Gasteiger partial charge is 0.222 e. The highest BCUT2D eigenvalue weighted by Gasteiger charge is 2.19. The number of carbonyl (C=O) groups is 1. The second kappa shape index (κ2) is 6.68. The third kappa shape index (κ3) is 3.46. The summed E-state index contributed by atoms with van der Waals surface area (Å²) >= 11 is 0. The lowest BCUT2D eigenvalue weighted by molar-refractivity contribution is -0.131. The van der Waals surface area contributed by atoms with Crippen LogP contribution in [0.1, 0.15) is 26.2 Å². The van der Waals surface area contributed by atoms with Crippen molar-refractivity contribution in [2.45, 2.75) is 26.2 Å². The van der Waals surface area contributed by atoms with E-state index in [2.05, 4.69) is 0 Å². The summed E-state index contributed by atoms with van der Waals surface area (Å²) in [5, 5.41) is 0. The number of amides is 1. The molecule has 1 aromatic carbocycles. The Balaban J connectivity index is 2.02. The standard InChI is InChI=1S/C15H20F2N2O/c1-2-4-15(20)19-8-3-7-18(9-10-19)12-5-6-13(16)14(17)11-12/h5-6,11H,2-4,7-10H2,1H3. The molecule has 1 fully saturated rings. The van der Waals surface area contributed by atoms with Gasteiger partial charge in [0.2, 0.25) is 5.91 Å². The molecule has 3 nitrogen and oxygen atoms in total. The highest BCUT2D eigenvalue weighted by atomic mass is 19.2. The lowest BCUT2D eigenvalue weighted by atomic mass is 10.2. The number of hydrogen-bond acceptors (Lipinski definition) is 2. The van der Waals surface area contributed by atoms with Gasteiger partial charge in [-0.25, -0.2) is 8.78 Å². The first-order valence-corrected chi connectivity index (χ1v) is 7.09. The topological polar surface area (TPSA) is 23.6 Å². The predicted molar refractivity (Wildman–Crippen MR) is 74.7 cm³/mol. The Morgan fingerprint density at radius 3 is 2.65 bits per heavy atom. The van der Waals surface area contributed by atoms with Crippen molar-refractivity contribution >= 4 is 11.6 Å². The van der Waals surface area contributed by atoms with Crippen LogP contribution in [0.15, 0.2) is 18.2 Å². The first-order chi connectivity index (χ1) is 9.61. The van der Waals surface area contributed by atoms with Crippen molar-refractivity contribution in [2.75, 3.05) is 31.1 Å². The second-order valence-electron chi connectivity index (χ2n) is 5.07. The summed E-state index contributed by atoms with van der Waals surface area (Å²) in [6, 6.07) is 3.95. The minimum absolute atomic E-state index is 0.180. The monoisotopic (exact) mass is 282 g/mol. The largest absolute Gasteiger partial charge is 0.370 e. The molecule has 0 unspecified atom stereocenters. The number of anilines is 1. The third-order valence-electron chi connectivity index (χ3n) is 3.58.